The predicted molar refractivity (Wildman–Crippen MR) is 89.1 cm³/mol. The van der Waals surface area contributed by atoms with Crippen molar-refractivity contribution in [3.8, 4) is 0 Å². The van der Waals surface area contributed by atoms with Crippen LogP contribution in [0.5, 0.6) is 0 Å². The van der Waals surface area contributed by atoms with E-state index in [0.29, 0.717) is 23.7 Å². The second kappa shape index (κ2) is 6.62. The van der Waals surface area contributed by atoms with Gasteiger partial charge in [0.25, 0.3) is 5.91 Å². The summed E-state index contributed by atoms with van der Waals surface area (Å²) < 4.78 is 5.45. The smallest absolute Gasteiger partial charge is 0.290 e. The second-order valence-corrected chi connectivity index (χ2v) is 6.89. The summed E-state index contributed by atoms with van der Waals surface area (Å²) in [4.78, 5) is 28.5. The number of aliphatic hydroxyl groups excluding tert-OH is 1. The number of hydrogen-bond acceptors (Lipinski definition) is 5. The zero-order valence-electron chi connectivity index (χ0n) is 13.5. The van der Waals surface area contributed by atoms with Crippen molar-refractivity contribution in [2.45, 2.75) is 6.04 Å². The first-order valence-electron chi connectivity index (χ1n) is 7.65. The minimum Gasteiger partial charge on any atom is -0.503 e. The lowest BCUT2D eigenvalue weighted by molar-refractivity contribution is -0.857. The molecular weight excluding hydrogens is 328 g/mol. The van der Waals surface area contributed by atoms with E-state index in [1.807, 2.05) is 14.1 Å². The zero-order chi connectivity index (χ0) is 17.3. The number of furan rings is 1. The van der Waals surface area contributed by atoms with Crippen LogP contribution in [0.4, 0.5) is 0 Å². The van der Waals surface area contributed by atoms with E-state index in [-0.39, 0.29) is 11.4 Å². The summed E-state index contributed by atoms with van der Waals surface area (Å²) >= 11 is 1.28. The van der Waals surface area contributed by atoms with E-state index in [0.717, 1.165) is 0 Å². The molecule has 1 atom stereocenters. The van der Waals surface area contributed by atoms with Crippen molar-refractivity contribution in [3.63, 3.8) is 0 Å². The Labute approximate surface area is 143 Å². The van der Waals surface area contributed by atoms with Gasteiger partial charge in [0, 0.05) is 0 Å². The topological polar surface area (TPSA) is 75.2 Å². The summed E-state index contributed by atoms with van der Waals surface area (Å²) in [5.41, 5.74) is 0.0890. The minimum atomic E-state index is -0.693. The molecule has 7 heteroatoms. The molecule has 0 bridgehead atoms. The van der Waals surface area contributed by atoms with Crippen molar-refractivity contribution in [2.24, 2.45) is 0 Å². The molecule has 1 amide bonds. The summed E-state index contributed by atoms with van der Waals surface area (Å²) in [7, 11) is 3.96. The SMILES string of the molecule is C[NH+](C)CCN1C(=O)C(O)=C(C(=O)c2cccs2)C1c1ccco1. The van der Waals surface area contributed by atoms with Gasteiger partial charge in [-0.3, -0.25) is 9.59 Å². The maximum atomic E-state index is 12.8. The van der Waals surface area contributed by atoms with Crippen LogP contribution in [-0.4, -0.2) is 48.9 Å². The van der Waals surface area contributed by atoms with Crippen LogP contribution < -0.4 is 4.90 Å². The molecule has 2 aromatic rings. The van der Waals surface area contributed by atoms with Gasteiger partial charge < -0.3 is 19.3 Å². The first-order valence-corrected chi connectivity index (χ1v) is 8.53. The van der Waals surface area contributed by atoms with Gasteiger partial charge in [-0.1, -0.05) is 6.07 Å². The molecule has 0 aromatic carbocycles. The van der Waals surface area contributed by atoms with E-state index in [4.69, 9.17) is 4.42 Å². The molecule has 0 saturated heterocycles. The molecule has 2 aromatic heterocycles. The standard InChI is InChI=1S/C17H18N2O4S/c1-18(2)7-8-19-14(11-5-3-9-23-11)13(16(21)17(19)22)15(20)12-6-4-10-24-12/h3-6,9-10,14,21H,7-8H2,1-2H3/p+1. The van der Waals surface area contributed by atoms with Gasteiger partial charge in [0.15, 0.2) is 5.76 Å². The Bertz CT molecular complexity index is 763. The number of amides is 1. The van der Waals surface area contributed by atoms with Crippen LogP contribution >= 0.6 is 11.3 Å². The number of hydrogen-bond donors (Lipinski definition) is 2. The van der Waals surface area contributed by atoms with Gasteiger partial charge in [0.1, 0.15) is 11.8 Å². The predicted octanol–water partition coefficient (Wildman–Crippen LogP) is 1.06. The summed E-state index contributed by atoms with van der Waals surface area (Å²) in [5.74, 6) is -0.876. The molecule has 1 aliphatic rings. The van der Waals surface area contributed by atoms with Crippen LogP contribution in [0, 0.1) is 0 Å². The van der Waals surface area contributed by atoms with Crippen molar-refractivity contribution >= 4 is 23.0 Å². The summed E-state index contributed by atoms with van der Waals surface area (Å²) in [5, 5.41) is 12.1. The van der Waals surface area contributed by atoms with Crippen molar-refractivity contribution in [2.75, 3.05) is 27.2 Å². The molecule has 24 heavy (non-hydrogen) atoms. The Balaban J connectivity index is 2.01. The van der Waals surface area contributed by atoms with E-state index in [2.05, 4.69) is 0 Å². The Morgan fingerprint density at radius 3 is 2.75 bits per heavy atom. The second-order valence-electron chi connectivity index (χ2n) is 5.94. The van der Waals surface area contributed by atoms with Gasteiger partial charge in [-0.15, -0.1) is 11.3 Å². The molecule has 0 radical (unpaired) electrons. The van der Waals surface area contributed by atoms with Crippen LogP contribution in [0.3, 0.4) is 0 Å². The van der Waals surface area contributed by atoms with E-state index in [1.165, 1.54) is 27.4 Å². The molecular formula is C17H19N2O4S+. The van der Waals surface area contributed by atoms with Crippen LogP contribution in [0.2, 0.25) is 0 Å². The van der Waals surface area contributed by atoms with E-state index in [1.54, 1.807) is 29.6 Å². The number of ketones is 1. The maximum Gasteiger partial charge on any atom is 0.290 e. The number of nitrogens with one attached hydrogen (secondary N) is 1. The van der Waals surface area contributed by atoms with E-state index in [9.17, 15) is 14.7 Å². The number of thiophene rings is 1. The number of aliphatic hydroxyl groups is 1. The van der Waals surface area contributed by atoms with Crippen LogP contribution in [0.1, 0.15) is 21.5 Å². The zero-order valence-corrected chi connectivity index (χ0v) is 14.3. The lowest BCUT2D eigenvalue weighted by atomic mass is 10.0. The Morgan fingerprint density at radius 2 is 2.17 bits per heavy atom. The fraction of sp³-hybridized carbons (Fsp3) is 0.294. The maximum absolute atomic E-state index is 12.8. The number of likely N-dealkylation sites (N-methyl/N-ethyl adjacent to an activating group) is 1. The molecule has 3 heterocycles. The fourth-order valence-corrected chi connectivity index (χ4v) is 3.42. The number of nitrogens with zero attached hydrogens (tertiary/aromatic N) is 1. The lowest BCUT2D eigenvalue weighted by Crippen LogP contribution is -3.06. The van der Waals surface area contributed by atoms with E-state index < -0.39 is 17.7 Å². The molecule has 1 unspecified atom stereocenters. The molecule has 3 rings (SSSR count). The molecule has 126 valence electrons. The molecule has 0 saturated carbocycles. The minimum absolute atomic E-state index is 0.0890. The van der Waals surface area contributed by atoms with Crippen molar-refractivity contribution in [3.05, 3.63) is 57.9 Å². The third kappa shape index (κ3) is 2.88. The first-order chi connectivity index (χ1) is 11.5. The highest BCUT2D eigenvalue weighted by atomic mass is 32.1. The third-order valence-electron chi connectivity index (χ3n) is 3.96. The number of carbonyl (C=O) groups excluding carboxylic acids is 2. The van der Waals surface area contributed by atoms with Crippen molar-refractivity contribution in [1.82, 2.24) is 4.90 Å². The number of carbonyl (C=O) groups is 2. The lowest BCUT2D eigenvalue weighted by Gasteiger charge is -2.25. The van der Waals surface area contributed by atoms with Crippen molar-refractivity contribution in [1.29, 1.82) is 0 Å². The van der Waals surface area contributed by atoms with E-state index >= 15 is 0 Å². The monoisotopic (exact) mass is 347 g/mol. The van der Waals surface area contributed by atoms with Crippen molar-refractivity contribution < 1.29 is 24.0 Å². The van der Waals surface area contributed by atoms with Gasteiger partial charge in [-0.25, -0.2) is 0 Å². The van der Waals surface area contributed by atoms with Crippen LogP contribution in [-0.2, 0) is 4.79 Å². The highest BCUT2D eigenvalue weighted by Gasteiger charge is 2.45. The highest BCUT2D eigenvalue weighted by molar-refractivity contribution is 7.12. The Hall–Kier alpha value is -2.38. The quantitative estimate of drug-likeness (QED) is 0.767. The molecule has 0 spiro atoms. The molecule has 6 nitrogen and oxygen atoms in total. The molecule has 1 aliphatic heterocycles. The van der Waals surface area contributed by atoms with Crippen LogP contribution in [0.15, 0.2) is 51.7 Å². The number of quaternary nitrogens is 1. The van der Waals surface area contributed by atoms with Gasteiger partial charge in [0.05, 0.1) is 43.9 Å². The Morgan fingerprint density at radius 1 is 1.38 bits per heavy atom. The number of Topliss-reactive ketones (excluding diaryl/α,β-unsaturated/α-hetero) is 1. The fourth-order valence-electron chi connectivity index (χ4n) is 2.74. The normalized spacial score (nSPS) is 18.0. The van der Waals surface area contributed by atoms with Gasteiger partial charge in [-0.05, 0) is 23.6 Å². The number of rotatable bonds is 6. The largest absolute Gasteiger partial charge is 0.503 e. The molecule has 0 fully saturated rings. The van der Waals surface area contributed by atoms with Gasteiger partial charge in [-0.2, -0.15) is 0 Å². The first kappa shape index (κ1) is 16.5. The van der Waals surface area contributed by atoms with Gasteiger partial charge >= 0.3 is 0 Å². The summed E-state index contributed by atoms with van der Waals surface area (Å²) in [6, 6.07) is 6.18. The Kier molecular flexibility index (Phi) is 4.55. The van der Waals surface area contributed by atoms with Gasteiger partial charge in [0.2, 0.25) is 5.78 Å². The van der Waals surface area contributed by atoms with Crippen LogP contribution in [0.25, 0.3) is 0 Å². The third-order valence-corrected chi connectivity index (χ3v) is 4.83. The average Bonchev–Trinajstić information content (AvgIpc) is 3.27. The summed E-state index contributed by atoms with van der Waals surface area (Å²) in [6.07, 6.45) is 1.50. The summed E-state index contributed by atoms with van der Waals surface area (Å²) in [6.45, 7) is 1.11. The molecule has 0 aliphatic carbocycles. The highest BCUT2D eigenvalue weighted by Crippen LogP contribution is 2.39. The average molecular weight is 347 g/mol. The molecule has 2 N–H and O–H groups in total.